The zero-order valence-electron chi connectivity index (χ0n) is 5.00. The largest absolute Gasteiger partial charge is 0.870 e. The summed E-state index contributed by atoms with van der Waals surface area (Å²) in [5.74, 6) is 0. The van der Waals surface area contributed by atoms with Crippen LogP contribution in [0, 0.1) is 0 Å². The third-order valence-corrected chi connectivity index (χ3v) is 0. The van der Waals surface area contributed by atoms with E-state index in [0.29, 0.717) is 0 Å². The number of hydrogen-bond acceptors (Lipinski definition) is 6. The van der Waals surface area contributed by atoms with Crippen molar-refractivity contribution >= 4 is 103 Å². The molecule has 0 heterocycles. The Balaban J connectivity index is 0. The molecule has 0 saturated carbocycles. The van der Waals surface area contributed by atoms with Gasteiger partial charge in [-0.2, -0.15) is 0 Å². The zero-order valence-corrected chi connectivity index (χ0v) is 13.5. The smallest absolute Gasteiger partial charge is 0 e. The summed E-state index contributed by atoms with van der Waals surface area (Å²) in [5, 5.41) is 0. The summed E-state index contributed by atoms with van der Waals surface area (Å²) in [5.41, 5.74) is 0. The fourth-order valence-electron chi connectivity index (χ4n) is 0. The van der Waals surface area contributed by atoms with Gasteiger partial charge in [-0.05, 0) is 0 Å². The van der Waals surface area contributed by atoms with Crippen molar-refractivity contribution in [2.24, 2.45) is 0 Å². The zero-order chi connectivity index (χ0) is 0. The maximum atomic E-state index is 0. The van der Waals surface area contributed by atoms with Gasteiger partial charge in [-0.25, -0.2) is 0 Å². The molecule has 0 aromatic rings. The van der Waals surface area contributed by atoms with Crippen molar-refractivity contribution in [1.82, 2.24) is 0 Å². The van der Waals surface area contributed by atoms with E-state index >= 15 is 0 Å². The maximum absolute atomic E-state index is 0. The van der Waals surface area contributed by atoms with Crippen LogP contribution in [0.1, 0.15) is 0 Å². The predicted octanol–water partition coefficient (Wildman–Crippen LogP) is -1.82. The first-order chi connectivity index (χ1) is 0. The Hall–Kier alpha value is 3.72. The van der Waals surface area contributed by atoms with Gasteiger partial charge in [0.05, 0.1) is 0 Å². The van der Waals surface area contributed by atoms with Gasteiger partial charge in [-0.1, -0.05) is 0 Å². The summed E-state index contributed by atoms with van der Waals surface area (Å²) in [6, 6.07) is 0. The van der Waals surface area contributed by atoms with Crippen molar-refractivity contribution < 1.29 is 53.9 Å². The van der Waals surface area contributed by atoms with Gasteiger partial charge in [0.2, 0.25) is 0 Å². The summed E-state index contributed by atoms with van der Waals surface area (Å²) < 4.78 is 0. The van der Waals surface area contributed by atoms with Gasteiger partial charge in [-0.3, -0.25) is 0 Å². The Morgan fingerprint density at radius 3 is 0.333 bits per heavy atom. The molecule has 0 atom stereocenters. The first-order valence-corrected chi connectivity index (χ1v) is 0. The van der Waals surface area contributed by atoms with E-state index in [-0.39, 0.29) is 157 Å². The second-order valence-corrected chi connectivity index (χ2v) is 0. The van der Waals surface area contributed by atoms with E-state index in [9.17, 15) is 0 Å². The molecular weight excluding hydrogens is 369 g/mol. The molecule has 0 aromatic heterocycles. The minimum atomic E-state index is 0. The van der Waals surface area contributed by atoms with Crippen LogP contribution in [0.25, 0.3) is 0 Å². The molecular formula is H6K2O6Pt-6. The van der Waals surface area contributed by atoms with Crippen LogP contribution in [-0.4, -0.2) is 136 Å². The van der Waals surface area contributed by atoms with Crippen LogP contribution in [-0.2, 0) is 21.1 Å². The van der Waals surface area contributed by atoms with Gasteiger partial charge in [0.25, 0.3) is 0 Å². The Morgan fingerprint density at radius 1 is 0.333 bits per heavy atom. The molecule has 0 amide bonds. The van der Waals surface area contributed by atoms with Crippen LogP contribution in [0.2, 0.25) is 0 Å². The summed E-state index contributed by atoms with van der Waals surface area (Å²) >= 11 is 0. The van der Waals surface area contributed by atoms with Crippen LogP contribution in [0.3, 0.4) is 0 Å². The molecule has 0 aliphatic carbocycles. The summed E-state index contributed by atoms with van der Waals surface area (Å²) in [6.45, 7) is 0. The van der Waals surface area contributed by atoms with E-state index in [0.717, 1.165) is 0 Å². The minimum Gasteiger partial charge on any atom is -0.870 e. The first kappa shape index (κ1) is 126. The molecule has 6 N–H and O–H groups in total. The fraction of sp³-hybridized carbons (Fsp3) is 0. The van der Waals surface area contributed by atoms with E-state index < -0.39 is 0 Å². The monoisotopic (exact) mass is 375 g/mol. The summed E-state index contributed by atoms with van der Waals surface area (Å²) in [4.78, 5) is 0. The minimum absolute atomic E-state index is 0. The average Bonchev–Trinajstić information content (AvgIpc) is 0. The quantitative estimate of drug-likeness (QED) is 0.449. The summed E-state index contributed by atoms with van der Waals surface area (Å²) in [7, 11) is 0. The molecule has 0 saturated heterocycles. The molecule has 0 bridgehead atoms. The van der Waals surface area contributed by atoms with E-state index in [1.54, 1.807) is 0 Å². The molecule has 0 rings (SSSR count). The van der Waals surface area contributed by atoms with E-state index in [4.69, 9.17) is 0 Å². The predicted molar refractivity (Wildman–Crippen MR) is 23.1 cm³/mol. The summed E-state index contributed by atoms with van der Waals surface area (Å²) in [6.07, 6.45) is 0. The maximum Gasteiger partial charge on any atom is 0 e. The molecule has 0 fully saturated rings. The molecule has 0 unspecified atom stereocenters. The Kier molecular flexibility index (Phi) is 1360. The number of hydrogen-bond donors (Lipinski definition) is 0. The normalized spacial score (nSPS) is 0. The molecule has 6 nitrogen and oxygen atoms in total. The first-order valence-electron chi connectivity index (χ1n) is 0. The second kappa shape index (κ2) is 97.3. The molecule has 0 aromatic carbocycles. The van der Waals surface area contributed by atoms with Gasteiger partial charge in [0, 0.05) is 124 Å². The molecule has 0 aliphatic rings. The van der Waals surface area contributed by atoms with Crippen molar-refractivity contribution in [1.29, 1.82) is 0 Å². The van der Waals surface area contributed by atoms with Gasteiger partial charge in [0.15, 0.2) is 0 Å². The van der Waals surface area contributed by atoms with Crippen LogP contribution >= 0.6 is 0 Å². The van der Waals surface area contributed by atoms with Crippen LogP contribution in [0.5, 0.6) is 0 Å². The molecule has 0 spiro atoms. The van der Waals surface area contributed by atoms with Gasteiger partial charge in [0.1, 0.15) is 0 Å². The van der Waals surface area contributed by atoms with Gasteiger partial charge in [-0.15, -0.1) is 0 Å². The number of rotatable bonds is 0. The molecule has 9 heavy (non-hydrogen) atoms. The second-order valence-electron chi connectivity index (χ2n) is 0. The SMILES string of the molecule is [K].[K].[OH-].[OH-].[OH-].[OH-].[OH-].[OH-].[Pt]. The molecule has 2 radical (unpaired) electrons. The van der Waals surface area contributed by atoms with Crippen LogP contribution in [0.15, 0.2) is 0 Å². The fourth-order valence-corrected chi connectivity index (χ4v) is 0. The third-order valence-electron chi connectivity index (χ3n) is 0. The molecule has 0 aliphatic heterocycles. The molecule has 9 heteroatoms. The van der Waals surface area contributed by atoms with E-state index in [1.807, 2.05) is 0 Å². The van der Waals surface area contributed by atoms with Crippen molar-refractivity contribution in [3.8, 4) is 0 Å². The van der Waals surface area contributed by atoms with Crippen molar-refractivity contribution in [3.63, 3.8) is 0 Å². The van der Waals surface area contributed by atoms with Crippen molar-refractivity contribution in [3.05, 3.63) is 0 Å². The Morgan fingerprint density at radius 2 is 0.333 bits per heavy atom. The van der Waals surface area contributed by atoms with Gasteiger partial charge < -0.3 is 32.9 Å². The third kappa shape index (κ3) is 80.0. The van der Waals surface area contributed by atoms with E-state index in [2.05, 4.69) is 0 Å². The average molecular weight is 375 g/mol. The van der Waals surface area contributed by atoms with Crippen molar-refractivity contribution in [2.75, 3.05) is 0 Å². The Labute approximate surface area is 152 Å². The van der Waals surface area contributed by atoms with E-state index in [1.165, 1.54) is 0 Å². The van der Waals surface area contributed by atoms with Crippen molar-refractivity contribution in [2.45, 2.75) is 0 Å². The van der Waals surface area contributed by atoms with Crippen LogP contribution in [0.4, 0.5) is 0 Å². The Bertz CT molecular complexity index is 11.0. The standard InChI is InChI=1S/2K.6H2O.Pt/h;;6*1H2;/p-6. The molecule has 60 valence electrons. The van der Waals surface area contributed by atoms with Gasteiger partial charge >= 0.3 is 0 Å². The topological polar surface area (TPSA) is 180 Å². The van der Waals surface area contributed by atoms with Crippen LogP contribution < -0.4 is 0 Å².